The van der Waals surface area contributed by atoms with Gasteiger partial charge in [-0.15, -0.1) is 0 Å². The number of rotatable bonds is 4. The van der Waals surface area contributed by atoms with E-state index >= 15 is 0 Å². The van der Waals surface area contributed by atoms with Gasteiger partial charge in [0.05, 0.1) is 11.4 Å². The summed E-state index contributed by atoms with van der Waals surface area (Å²) in [6.07, 6.45) is -2.69. The lowest BCUT2D eigenvalue weighted by atomic mass is 10.1. The molecule has 0 fully saturated rings. The maximum atomic E-state index is 12.2. The smallest absolute Gasteiger partial charge is 0.261 e. The molecule has 0 aromatic heterocycles. The first kappa shape index (κ1) is 17.1. The van der Waals surface area contributed by atoms with Gasteiger partial charge in [0.2, 0.25) is 0 Å². The molecular weight excluding hydrogens is 335 g/mol. The van der Waals surface area contributed by atoms with Crippen LogP contribution >= 0.6 is 22.3 Å². The molecule has 0 radical (unpaired) electrons. The largest absolute Gasteiger partial charge is 0.336 e. The topological polar surface area (TPSA) is 54.5 Å². The Morgan fingerprint density at radius 1 is 1.40 bits per heavy atom. The summed E-state index contributed by atoms with van der Waals surface area (Å²) in [7, 11) is 2.33. The fraction of sp³-hybridized carbons (Fsp3) is 0.364. The summed E-state index contributed by atoms with van der Waals surface area (Å²) in [5.74, 6) is -0.770. The van der Waals surface area contributed by atoms with Gasteiger partial charge in [-0.05, 0) is 24.6 Å². The summed E-state index contributed by atoms with van der Waals surface area (Å²) in [5, 5.41) is 0.0144. The van der Waals surface area contributed by atoms with E-state index in [-0.39, 0.29) is 21.0 Å². The van der Waals surface area contributed by atoms with Gasteiger partial charge in [0.1, 0.15) is 0 Å². The van der Waals surface area contributed by atoms with Crippen LogP contribution in [0.1, 0.15) is 15.9 Å². The minimum Gasteiger partial charge on any atom is -0.336 e. The molecule has 1 aromatic carbocycles. The summed E-state index contributed by atoms with van der Waals surface area (Å²) in [4.78, 5) is 12.4. The Bertz CT molecular complexity index is 635. The molecule has 0 aliphatic heterocycles. The molecule has 1 aromatic rings. The van der Waals surface area contributed by atoms with Gasteiger partial charge in [0.25, 0.3) is 21.4 Å². The first-order valence-corrected chi connectivity index (χ1v) is 8.01. The van der Waals surface area contributed by atoms with Crippen LogP contribution in [0.4, 0.5) is 8.78 Å². The molecule has 0 aliphatic carbocycles. The number of hydrogen-bond donors (Lipinski definition) is 0. The Balaban J connectivity index is 3.28. The van der Waals surface area contributed by atoms with Crippen LogP contribution in [0.5, 0.6) is 0 Å². The quantitative estimate of drug-likeness (QED) is 0.788. The number of halogens is 4. The number of carbonyl (C=O) groups is 1. The van der Waals surface area contributed by atoms with Crippen molar-refractivity contribution in [1.82, 2.24) is 4.90 Å². The molecule has 0 heterocycles. The highest BCUT2D eigenvalue weighted by Crippen LogP contribution is 2.28. The van der Waals surface area contributed by atoms with Crippen molar-refractivity contribution in [2.24, 2.45) is 0 Å². The van der Waals surface area contributed by atoms with Gasteiger partial charge in [-0.2, -0.15) is 0 Å². The number of alkyl halides is 2. The Labute approximate surface area is 124 Å². The average molecular weight is 346 g/mol. The van der Waals surface area contributed by atoms with Gasteiger partial charge in [-0.25, -0.2) is 17.2 Å². The molecule has 0 bridgehead atoms. The first-order chi connectivity index (χ1) is 9.04. The molecule has 4 nitrogen and oxygen atoms in total. The number of benzene rings is 1. The average Bonchev–Trinajstić information content (AvgIpc) is 2.29. The monoisotopic (exact) mass is 345 g/mol. The van der Waals surface area contributed by atoms with E-state index in [0.717, 1.165) is 11.0 Å². The summed E-state index contributed by atoms with van der Waals surface area (Å²) < 4.78 is 47.3. The van der Waals surface area contributed by atoms with E-state index in [4.69, 9.17) is 22.3 Å². The molecule has 112 valence electrons. The summed E-state index contributed by atoms with van der Waals surface area (Å²) in [6.45, 7) is 0.655. The van der Waals surface area contributed by atoms with Crippen molar-refractivity contribution < 1.29 is 22.0 Å². The zero-order chi connectivity index (χ0) is 15.7. The van der Waals surface area contributed by atoms with Gasteiger partial charge in [-0.1, -0.05) is 11.6 Å². The van der Waals surface area contributed by atoms with Crippen LogP contribution in [0.3, 0.4) is 0 Å². The van der Waals surface area contributed by atoms with E-state index < -0.39 is 27.9 Å². The molecular formula is C11H11Cl2F2NO3S. The van der Waals surface area contributed by atoms with Gasteiger partial charge < -0.3 is 4.90 Å². The number of carbonyl (C=O) groups excluding carboxylic acids is 1. The van der Waals surface area contributed by atoms with Crippen molar-refractivity contribution in [2.45, 2.75) is 18.2 Å². The van der Waals surface area contributed by atoms with Crippen LogP contribution in [-0.2, 0) is 9.05 Å². The summed E-state index contributed by atoms with van der Waals surface area (Å²) in [5.41, 5.74) is 0.0673. The first-order valence-electron chi connectivity index (χ1n) is 5.32. The molecule has 0 saturated heterocycles. The van der Waals surface area contributed by atoms with Crippen LogP contribution in [0.2, 0.25) is 5.02 Å². The fourth-order valence-electron chi connectivity index (χ4n) is 1.54. The molecule has 0 spiro atoms. The predicted molar refractivity (Wildman–Crippen MR) is 72.2 cm³/mol. The highest BCUT2D eigenvalue weighted by Gasteiger charge is 2.22. The van der Waals surface area contributed by atoms with Gasteiger partial charge >= 0.3 is 0 Å². The Morgan fingerprint density at radius 3 is 2.40 bits per heavy atom. The maximum Gasteiger partial charge on any atom is 0.261 e. The molecule has 1 rings (SSSR count). The third-order valence-corrected chi connectivity index (χ3v) is 4.41. The van der Waals surface area contributed by atoms with Crippen molar-refractivity contribution in [3.63, 3.8) is 0 Å². The van der Waals surface area contributed by atoms with Crippen molar-refractivity contribution in [3.8, 4) is 0 Å². The second-order valence-electron chi connectivity index (χ2n) is 4.10. The molecule has 1 amide bonds. The van der Waals surface area contributed by atoms with E-state index in [0.29, 0.717) is 0 Å². The second kappa shape index (κ2) is 6.24. The van der Waals surface area contributed by atoms with Crippen molar-refractivity contribution >= 4 is 37.2 Å². The van der Waals surface area contributed by atoms with E-state index in [1.165, 1.54) is 20.0 Å². The van der Waals surface area contributed by atoms with E-state index in [9.17, 15) is 22.0 Å². The molecule has 0 aliphatic rings. The van der Waals surface area contributed by atoms with Crippen molar-refractivity contribution in [2.75, 3.05) is 13.6 Å². The summed E-state index contributed by atoms with van der Waals surface area (Å²) in [6, 6.07) is 2.24. The van der Waals surface area contributed by atoms with E-state index in [2.05, 4.69) is 0 Å². The molecule has 9 heteroatoms. The van der Waals surface area contributed by atoms with Crippen LogP contribution in [-0.4, -0.2) is 39.2 Å². The van der Waals surface area contributed by atoms with E-state index in [1.807, 2.05) is 0 Å². The second-order valence-corrected chi connectivity index (χ2v) is 7.04. The highest BCUT2D eigenvalue weighted by atomic mass is 35.7. The fourth-order valence-corrected chi connectivity index (χ4v) is 3.04. The lowest BCUT2D eigenvalue weighted by Crippen LogP contribution is -2.31. The number of nitrogens with zero attached hydrogens (tertiary/aromatic N) is 1. The molecule has 0 saturated carbocycles. The lowest BCUT2D eigenvalue weighted by Gasteiger charge is -2.17. The minimum atomic E-state index is -4.09. The molecule has 0 atom stereocenters. The Kier molecular flexibility index (Phi) is 5.34. The SMILES string of the molecule is Cc1c(Cl)cc(C(=O)N(C)CC(F)F)cc1S(=O)(=O)Cl. The molecule has 0 N–H and O–H groups in total. The van der Waals surface area contributed by atoms with Crippen LogP contribution in [0, 0.1) is 6.92 Å². The third kappa shape index (κ3) is 4.04. The number of hydrogen-bond acceptors (Lipinski definition) is 3. The third-order valence-electron chi connectivity index (χ3n) is 2.56. The lowest BCUT2D eigenvalue weighted by molar-refractivity contribution is 0.0620. The van der Waals surface area contributed by atoms with Crippen molar-refractivity contribution in [3.05, 3.63) is 28.3 Å². The maximum absolute atomic E-state index is 12.2. The normalized spacial score (nSPS) is 11.8. The van der Waals surface area contributed by atoms with Crippen LogP contribution < -0.4 is 0 Å². The standard InChI is InChI=1S/C11H11Cl2F2NO3S/c1-6-8(12)3-7(4-9(6)20(13,18)19)11(17)16(2)5-10(14)15/h3-4,10H,5H2,1-2H3. The molecule has 20 heavy (non-hydrogen) atoms. The minimum absolute atomic E-state index is 0.0144. The van der Waals surface area contributed by atoms with Crippen LogP contribution in [0.15, 0.2) is 17.0 Å². The van der Waals surface area contributed by atoms with Crippen LogP contribution in [0.25, 0.3) is 0 Å². The van der Waals surface area contributed by atoms with Crippen molar-refractivity contribution in [1.29, 1.82) is 0 Å². The number of amides is 1. The highest BCUT2D eigenvalue weighted by molar-refractivity contribution is 8.13. The zero-order valence-corrected chi connectivity index (χ0v) is 12.9. The Morgan fingerprint density at radius 2 is 1.95 bits per heavy atom. The molecule has 0 unspecified atom stereocenters. The van der Waals surface area contributed by atoms with Gasteiger partial charge in [0, 0.05) is 28.3 Å². The van der Waals surface area contributed by atoms with Gasteiger partial charge in [0.15, 0.2) is 0 Å². The summed E-state index contributed by atoms with van der Waals surface area (Å²) >= 11 is 5.84. The predicted octanol–water partition coefficient (Wildman–Crippen LogP) is 2.91. The van der Waals surface area contributed by atoms with E-state index in [1.54, 1.807) is 0 Å². The van der Waals surface area contributed by atoms with Gasteiger partial charge in [-0.3, -0.25) is 4.79 Å². The zero-order valence-electron chi connectivity index (χ0n) is 10.5. The Hall–Kier alpha value is -0.920.